The molecule has 0 amide bonds. The lowest BCUT2D eigenvalue weighted by Crippen LogP contribution is -2.16. The maximum atomic E-state index is 13.5. The number of allylic oxidation sites excluding steroid dienone is 1. The molecule has 0 saturated heterocycles. The Morgan fingerprint density at radius 3 is 2.42 bits per heavy atom. The lowest BCUT2D eigenvalue weighted by Gasteiger charge is -2.34. The average Bonchev–Trinajstić information content (AvgIpc) is 2.63. The smallest absolute Gasteiger partial charge is 0.160 e. The minimum atomic E-state index is -4.40. The second-order valence-electron chi connectivity index (χ2n) is 4.57. The van der Waals surface area contributed by atoms with Crippen LogP contribution in [0.25, 0.3) is 6.08 Å². The predicted octanol–water partition coefficient (Wildman–Crippen LogP) is 6.24. The molecule has 0 nitrogen and oxygen atoms in total. The lowest BCUT2D eigenvalue weighted by atomic mass is 10.1. The van der Waals surface area contributed by atoms with Gasteiger partial charge in [0.05, 0.1) is 0 Å². The van der Waals surface area contributed by atoms with Crippen molar-refractivity contribution in [1.29, 1.82) is 0 Å². The third kappa shape index (κ3) is 2.29. The molecule has 1 aliphatic heterocycles. The molecule has 2 rings (SSSR count). The van der Waals surface area contributed by atoms with Crippen LogP contribution in [0.4, 0.5) is 13.2 Å². The summed E-state index contributed by atoms with van der Waals surface area (Å²) in [5.41, 5.74) is -2.87. The summed E-state index contributed by atoms with van der Waals surface area (Å²) in [6, 6.07) is 5.26. The summed E-state index contributed by atoms with van der Waals surface area (Å²) in [5.74, 6) is 0. The molecule has 1 atom stereocenters. The van der Waals surface area contributed by atoms with Crippen LogP contribution in [0.1, 0.15) is 37.8 Å². The van der Waals surface area contributed by atoms with Crippen molar-refractivity contribution in [3.8, 4) is 0 Å². The van der Waals surface area contributed by atoms with E-state index in [1.165, 1.54) is 0 Å². The number of benzene rings is 1. The van der Waals surface area contributed by atoms with Gasteiger partial charge in [-0.2, -0.15) is 13.2 Å². The minimum absolute atomic E-state index is 0.268. The van der Waals surface area contributed by atoms with E-state index < -0.39 is 14.7 Å². The fourth-order valence-corrected chi connectivity index (χ4v) is 5.43. The molecule has 1 aliphatic rings. The third-order valence-corrected chi connectivity index (χ3v) is 7.54. The van der Waals surface area contributed by atoms with Gasteiger partial charge in [-0.15, -0.1) is 0 Å². The molecule has 0 radical (unpaired) electrons. The zero-order valence-corrected chi connectivity index (χ0v) is 12.4. The molecule has 19 heavy (non-hydrogen) atoms. The number of rotatable bonds is 3. The van der Waals surface area contributed by atoms with Gasteiger partial charge in [-0.25, -0.2) is 0 Å². The Bertz CT molecular complexity index is 522. The molecular formula is C14H16ClF3S. The highest BCUT2D eigenvalue weighted by Crippen LogP contribution is 2.80. The van der Waals surface area contributed by atoms with Gasteiger partial charge in [0, 0.05) is 4.90 Å². The van der Waals surface area contributed by atoms with Gasteiger partial charge in [0.1, 0.15) is 0 Å². The predicted molar refractivity (Wildman–Crippen MR) is 76.5 cm³/mol. The Balaban J connectivity index is 2.60. The Kier molecular flexibility index (Phi) is 3.94. The number of halogens is 4. The summed E-state index contributed by atoms with van der Waals surface area (Å²) in [5, 5.41) is 0. The van der Waals surface area contributed by atoms with Crippen molar-refractivity contribution in [2.45, 2.75) is 43.5 Å². The highest BCUT2D eigenvalue weighted by Gasteiger charge is 2.55. The van der Waals surface area contributed by atoms with Crippen LogP contribution in [-0.4, -0.2) is 5.51 Å². The van der Waals surface area contributed by atoms with Crippen LogP contribution in [0.15, 0.2) is 28.0 Å². The third-order valence-electron chi connectivity index (χ3n) is 3.28. The maximum Gasteiger partial charge on any atom is 0.445 e. The van der Waals surface area contributed by atoms with Crippen molar-refractivity contribution >= 4 is 26.0 Å². The van der Waals surface area contributed by atoms with Crippen molar-refractivity contribution in [1.82, 2.24) is 0 Å². The van der Waals surface area contributed by atoms with E-state index in [2.05, 4.69) is 0 Å². The molecule has 5 heteroatoms. The summed E-state index contributed by atoms with van der Waals surface area (Å²) < 4.78 is 40.5. The van der Waals surface area contributed by atoms with Gasteiger partial charge in [-0.3, -0.25) is 0 Å². The molecular weight excluding hydrogens is 293 g/mol. The fraction of sp³-hybridized carbons (Fsp3) is 0.429. The van der Waals surface area contributed by atoms with Crippen molar-refractivity contribution in [3.63, 3.8) is 0 Å². The van der Waals surface area contributed by atoms with E-state index in [0.29, 0.717) is 29.7 Å². The zero-order chi connectivity index (χ0) is 14.3. The fourth-order valence-electron chi connectivity index (χ4n) is 2.29. The standard InChI is InChI=1S/C14H16ClF3S/c1-3-5-12-9-11-7-6-10(4-2)8-13(11)19(12,15)14(16,17)18/h6-9H,3-5H2,1-2H3. The quantitative estimate of drug-likeness (QED) is 0.620. The molecule has 106 valence electrons. The first-order chi connectivity index (χ1) is 8.84. The molecule has 0 N–H and O–H groups in total. The van der Waals surface area contributed by atoms with Crippen LogP contribution in [0.5, 0.6) is 0 Å². The SMILES string of the molecule is CCCC1=Cc2ccc(CC)cc2S1(Cl)C(F)(F)F. The number of hydrogen-bond acceptors (Lipinski definition) is 0. The number of hydrogen-bond donors (Lipinski definition) is 0. The van der Waals surface area contributed by atoms with Crippen LogP contribution in [0.3, 0.4) is 0 Å². The second kappa shape index (κ2) is 5.06. The van der Waals surface area contributed by atoms with Crippen LogP contribution in [0, 0.1) is 0 Å². The van der Waals surface area contributed by atoms with Crippen molar-refractivity contribution in [2.24, 2.45) is 0 Å². The van der Waals surface area contributed by atoms with Gasteiger partial charge in [0.15, 0.2) is 0 Å². The van der Waals surface area contributed by atoms with Gasteiger partial charge in [-0.05, 0) is 60.9 Å². The largest absolute Gasteiger partial charge is 0.445 e. The van der Waals surface area contributed by atoms with Crippen LogP contribution in [-0.2, 0) is 6.42 Å². The van der Waals surface area contributed by atoms with Crippen LogP contribution >= 0.6 is 19.9 Å². The Morgan fingerprint density at radius 2 is 1.89 bits per heavy atom. The van der Waals surface area contributed by atoms with Crippen molar-refractivity contribution in [2.75, 3.05) is 0 Å². The Hall–Kier alpha value is -0.610. The second-order valence-corrected chi connectivity index (χ2v) is 8.46. The first kappa shape index (κ1) is 14.8. The van der Waals surface area contributed by atoms with E-state index >= 15 is 0 Å². The topological polar surface area (TPSA) is 0 Å². The first-order valence-electron chi connectivity index (χ1n) is 6.27. The average molecular weight is 309 g/mol. The highest BCUT2D eigenvalue weighted by molar-refractivity contribution is 8.54. The number of aryl methyl sites for hydroxylation is 1. The molecule has 0 bridgehead atoms. The van der Waals surface area contributed by atoms with Crippen LogP contribution < -0.4 is 0 Å². The molecule has 1 aromatic rings. The monoisotopic (exact) mass is 308 g/mol. The van der Waals surface area contributed by atoms with E-state index in [4.69, 9.17) is 10.7 Å². The van der Waals surface area contributed by atoms with E-state index in [1.807, 2.05) is 19.9 Å². The molecule has 1 heterocycles. The molecule has 0 aliphatic carbocycles. The number of alkyl halides is 3. The minimum Gasteiger partial charge on any atom is -0.160 e. The summed E-state index contributed by atoms with van der Waals surface area (Å²) >= 11 is 0. The molecule has 1 aromatic carbocycles. The highest BCUT2D eigenvalue weighted by atomic mass is 35.7. The molecule has 0 saturated carbocycles. The van der Waals surface area contributed by atoms with Gasteiger partial charge >= 0.3 is 5.51 Å². The van der Waals surface area contributed by atoms with E-state index in [0.717, 1.165) is 5.56 Å². The molecule has 0 aromatic heterocycles. The Labute approximate surface area is 117 Å². The van der Waals surface area contributed by atoms with Gasteiger partial charge in [-0.1, -0.05) is 32.4 Å². The Morgan fingerprint density at radius 1 is 1.21 bits per heavy atom. The summed E-state index contributed by atoms with van der Waals surface area (Å²) in [4.78, 5) is 0.608. The lowest BCUT2D eigenvalue weighted by molar-refractivity contribution is -0.0359. The zero-order valence-electron chi connectivity index (χ0n) is 10.9. The maximum absolute atomic E-state index is 13.5. The van der Waals surface area contributed by atoms with Crippen LogP contribution in [0.2, 0.25) is 0 Å². The van der Waals surface area contributed by atoms with Gasteiger partial charge in [0.2, 0.25) is 0 Å². The van der Waals surface area contributed by atoms with Gasteiger partial charge in [0.25, 0.3) is 0 Å². The molecule has 1 unspecified atom stereocenters. The number of fused-ring (bicyclic) bond motifs is 1. The van der Waals surface area contributed by atoms with E-state index in [1.54, 1.807) is 18.2 Å². The summed E-state index contributed by atoms with van der Waals surface area (Å²) in [7, 11) is 2.76. The summed E-state index contributed by atoms with van der Waals surface area (Å²) in [6.07, 6.45) is 3.40. The van der Waals surface area contributed by atoms with E-state index in [9.17, 15) is 13.2 Å². The summed E-state index contributed by atoms with van der Waals surface area (Å²) in [6.45, 7) is 3.80. The van der Waals surface area contributed by atoms with Crippen molar-refractivity contribution < 1.29 is 13.2 Å². The van der Waals surface area contributed by atoms with Gasteiger partial charge < -0.3 is 0 Å². The molecule has 0 fully saturated rings. The first-order valence-corrected chi connectivity index (χ1v) is 8.73. The normalized spacial score (nSPS) is 25.7. The van der Waals surface area contributed by atoms with Crippen molar-refractivity contribution in [3.05, 3.63) is 34.2 Å². The van der Waals surface area contributed by atoms with E-state index in [-0.39, 0.29) is 4.90 Å². The molecule has 0 spiro atoms.